The molecule has 1 aliphatic rings. The smallest absolute Gasteiger partial charge is 0.416 e. The van der Waals surface area contributed by atoms with Gasteiger partial charge in [0.25, 0.3) is 5.91 Å². The van der Waals surface area contributed by atoms with Gasteiger partial charge in [-0.1, -0.05) is 23.7 Å². The van der Waals surface area contributed by atoms with Crippen LogP contribution in [-0.4, -0.2) is 32.2 Å². The van der Waals surface area contributed by atoms with E-state index in [9.17, 15) is 18.0 Å². The van der Waals surface area contributed by atoms with Gasteiger partial charge in [0.05, 0.1) is 35.2 Å². The zero-order valence-corrected chi connectivity index (χ0v) is 16.7. The molecule has 1 aliphatic heterocycles. The summed E-state index contributed by atoms with van der Waals surface area (Å²) in [5, 5.41) is 3.62. The van der Waals surface area contributed by atoms with Crippen molar-refractivity contribution in [2.75, 3.05) is 36.5 Å². The van der Waals surface area contributed by atoms with Crippen molar-refractivity contribution in [1.29, 1.82) is 0 Å². The normalized spacial score (nSPS) is 14.9. The van der Waals surface area contributed by atoms with Crippen molar-refractivity contribution in [2.24, 2.45) is 0 Å². The standard InChI is InChI=1S/C21H18ClF3N2O3/c1-12-14-3-2-4-15(22)19(14)30-18(12)20(28)26-16-11-13(21(23,24)25)5-6-17(16)27-7-9-29-10-8-27/h2-6,11H,7-10H2,1H3,(H,26,28). The number of hydrogen-bond acceptors (Lipinski definition) is 4. The molecule has 3 aromatic rings. The predicted octanol–water partition coefficient (Wildman–Crippen LogP) is 5.50. The van der Waals surface area contributed by atoms with E-state index in [4.69, 9.17) is 20.8 Å². The van der Waals surface area contributed by atoms with Gasteiger partial charge in [-0.15, -0.1) is 0 Å². The first-order chi connectivity index (χ1) is 14.3. The number of amides is 1. The molecule has 2 heterocycles. The number of ether oxygens (including phenoxy) is 1. The monoisotopic (exact) mass is 438 g/mol. The Kier molecular flexibility index (Phi) is 5.38. The van der Waals surface area contributed by atoms with Crippen LogP contribution in [-0.2, 0) is 10.9 Å². The van der Waals surface area contributed by atoms with E-state index in [0.29, 0.717) is 53.5 Å². The quantitative estimate of drug-likeness (QED) is 0.586. The van der Waals surface area contributed by atoms with Crippen molar-refractivity contribution < 1.29 is 27.1 Å². The van der Waals surface area contributed by atoms with Crippen LogP contribution in [0, 0.1) is 6.92 Å². The number of rotatable bonds is 3. The minimum atomic E-state index is -4.54. The average molecular weight is 439 g/mol. The van der Waals surface area contributed by atoms with Crippen LogP contribution in [0.25, 0.3) is 11.0 Å². The molecular formula is C21H18ClF3N2O3. The van der Waals surface area contributed by atoms with Crippen molar-refractivity contribution in [1.82, 2.24) is 0 Å². The number of nitrogens with zero attached hydrogens (tertiary/aromatic N) is 1. The fourth-order valence-corrected chi connectivity index (χ4v) is 3.71. The fraction of sp³-hybridized carbons (Fsp3) is 0.286. The molecule has 1 amide bonds. The Hall–Kier alpha value is -2.71. The van der Waals surface area contributed by atoms with Crippen molar-refractivity contribution in [3.8, 4) is 0 Å². The van der Waals surface area contributed by atoms with Gasteiger partial charge in [0.15, 0.2) is 11.3 Å². The minimum absolute atomic E-state index is 0.00318. The van der Waals surface area contributed by atoms with E-state index in [2.05, 4.69) is 5.32 Å². The third-order valence-corrected chi connectivity index (χ3v) is 5.34. The molecule has 158 valence electrons. The Bertz CT molecular complexity index is 1100. The molecule has 1 saturated heterocycles. The maximum absolute atomic E-state index is 13.3. The second-order valence-electron chi connectivity index (χ2n) is 6.96. The number of furan rings is 1. The Morgan fingerprint density at radius 3 is 2.57 bits per heavy atom. The number of fused-ring (bicyclic) bond motifs is 1. The molecule has 2 aromatic carbocycles. The van der Waals surface area contributed by atoms with Gasteiger partial charge >= 0.3 is 6.18 Å². The van der Waals surface area contributed by atoms with Gasteiger partial charge in [-0.05, 0) is 31.2 Å². The third kappa shape index (κ3) is 3.85. The molecule has 1 N–H and O–H groups in total. The van der Waals surface area contributed by atoms with Crippen LogP contribution in [0.5, 0.6) is 0 Å². The number of halogens is 4. The molecule has 0 unspecified atom stereocenters. The van der Waals surface area contributed by atoms with Crippen LogP contribution in [0.1, 0.15) is 21.7 Å². The zero-order valence-electron chi connectivity index (χ0n) is 16.0. The van der Waals surface area contributed by atoms with Crippen molar-refractivity contribution in [3.63, 3.8) is 0 Å². The Balaban J connectivity index is 1.73. The zero-order chi connectivity index (χ0) is 21.5. The lowest BCUT2D eigenvalue weighted by molar-refractivity contribution is -0.137. The largest absolute Gasteiger partial charge is 0.449 e. The van der Waals surface area contributed by atoms with Gasteiger partial charge in [-0.25, -0.2) is 0 Å². The molecule has 9 heteroatoms. The van der Waals surface area contributed by atoms with E-state index in [1.165, 1.54) is 6.07 Å². The Morgan fingerprint density at radius 2 is 1.90 bits per heavy atom. The van der Waals surface area contributed by atoms with E-state index >= 15 is 0 Å². The highest BCUT2D eigenvalue weighted by molar-refractivity contribution is 6.35. The number of alkyl halides is 3. The molecule has 5 nitrogen and oxygen atoms in total. The molecule has 0 atom stereocenters. The summed E-state index contributed by atoms with van der Waals surface area (Å²) in [6.07, 6.45) is -4.54. The van der Waals surface area contributed by atoms with Crippen LogP contribution in [0.3, 0.4) is 0 Å². The Labute approximate surface area is 175 Å². The predicted molar refractivity (Wildman–Crippen MR) is 108 cm³/mol. The van der Waals surface area contributed by atoms with Gasteiger partial charge in [-0.2, -0.15) is 13.2 Å². The second-order valence-corrected chi connectivity index (χ2v) is 7.36. The molecule has 30 heavy (non-hydrogen) atoms. The molecule has 1 fully saturated rings. The van der Waals surface area contributed by atoms with Crippen LogP contribution in [0.15, 0.2) is 40.8 Å². The minimum Gasteiger partial charge on any atom is -0.449 e. The van der Waals surface area contributed by atoms with E-state index in [1.54, 1.807) is 25.1 Å². The van der Waals surface area contributed by atoms with Gasteiger partial charge in [0.2, 0.25) is 0 Å². The number of benzene rings is 2. The number of anilines is 2. The van der Waals surface area contributed by atoms with E-state index in [-0.39, 0.29) is 11.4 Å². The SMILES string of the molecule is Cc1c(C(=O)Nc2cc(C(F)(F)F)ccc2N2CCOCC2)oc2c(Cl)cccc12. The number of carbonyl (C=O) groups is 1. The van der Waals surface area contributed by atoms with Gasteiger partial charge in [0, 0.05) is 24.0 Å². The Morgan fingerprint density at radius 1 is 1.17 bits per heavy atom. The van der Waals surface area contributed by atoms with Crippen LogP contribution >= 0.6 is 11.6 Å². The molecule has 0 spiro atoms. The summed E-state index contributed by atoms with van der Waals surface area (Å²) in [4.78, 5) is 14.8. The van der Waals surface area contributed by atoms with Crippen LogP contribution in [0.4, 0.5) is 24.5 Å². The number of morpholine rings is 1. The highest BCUT2D eigenvalue weighted by Crippen LogP contribution is 2.37. The molecule has 0 aliphatic carbocycles. The summed E-state index contributed by atoms with van der Waals surface area (Å²) < 4.78 is 50.8. The fourth-order valence-electron chi connectivity index (χ4n) is 3.50. The van der Waals surface area contributed by atoms with Crippen molar-refractivity contribution in [3.05, 3.63) is 58.3 Å². The lowest BCUT2D eigenvalue weighted by atomic mass is 10.1. The summed E-state index contributed by atoms with van der Waals surface area (Å²) in [5.74, 6) is -0.642. The first kappa shape index (κ1) is 20.6. The summed E-state index contributed by atoms with van der Waals surface area (Å²) in [5.41, 5.74) is 0.623. The maximum Gasteiger partial charge on any atom is 0.416 e. The number of aryl methyl sites for hydroxylation is 1. The lowest BCUT2D eigenvalue weighted by Crippen LogP contribution is -2.36. The molecule has 0 radical (unpaired) electrons. The second kappa shape index (κ2) is 7.85. The van der Waals surface area contributed by atoms with Crippen molar-refractivity contribution in [2.45, 2.75) is 13.1 Å². The van der Waals surface area contributed by atoms with E-state index in [0.717, 1.165) is 12.1 Å². The lowest BCUT2D eigenvalue weighted by Gasteiger charge is -2.31. The first-order valence-corrected chi connectivity index (χ1v) is 9.66. The van der Waals surface area contributed by atoms with E-state index in [1.807, 2.05) is 4.90 Å². The topological polar surface area (TPSA) is 54.7 Å². The number of nitrogens with one attached hydrogen (secondary N) is 1. The highest BCUT2D eigenvalue weighted by atomic mass is 35.5. The number of hydrogen-bond donors (Lipinski definition) is 1. The van der Waals surface area contributed by atoms with Crippen molar-refractivity contribution >= 4 is 39.9 Å². The van der Waals surface area contributed by atoms with Crippen LogP contribution in [0.2, 0.25) is 5.02 Å². The summed E-state index contributed by atoms with van der Waals surface area (Å²) in [6, 6.07) is 8.45. The van der Waals surface area contributed by atoms with E-state index < -0.39 is 17.6 Å². The molecule has 1 aromatic heterocycles. The molecular weight excluding hydrogens is 421 g/mol. The summed E-state index contributed by atoms with van der Waals surface area (Å²) in [6.45, 7) is 3.62. The molecule has 4 rings (SSSR count). The summed E-state index contributed by atoms with van der Waals surface area (Å²) in [7, 11) is 0. The molecule has 0 bridgehead atoms. The third-order valence-electron chi connectivity index (χ3n) is 5.05. The first-order valence-electron chi connectivity index (χ1n) is 9.28. The van der Waals surface area contributed by atoms with Gasteiger partial charge < -0.3 is 19.4 Å². The highest BCUT2D eigenvalue weighted by Gasteiger charge is 2.32. The molecule has 0 saturated carbocycles. The number of carbonyl (C=O) groups excluding carboxylic acids is 1. The summed E-state index contributed by atoms with van der Waals surface area (Å²) >= 11 is 6.14. The average Bonchev–Trinajstić information content (AvgIpc) is 3.06. The number of para-hydroxylation sites is 1. The maximum atomic E-state index is 13.3. The van der Waals surface area contributed by atoms with Gasteiger partial charge in [0.1, 0.15) is 0 Å². The van der Waals surface area contributed by atoms with Crippen LogP contribution < -0.4 is 10.2 Å². The van der Waals surface area contributed by atoms with Gasteiger partial charge in [-0.3, -0.25) is 4.79 Å².